The first-order chi connectivity index (χ1) is 34.0. The third-order valence-corrected chi connectivity index (χ3v) is 13.7. The molecule has 0 spiro atoms. The molecule has 0 fully saturated rings. The second-order valence-corrected chi connectivity index (χ2v) is 20.6. The molecule has 0 aliphatic heterocycles. The summed E-state index contributed by atoms with van der Waals surface area (Å²) in [5, 5.41) is 0. The molecular formula is C63H116O6. The summed E-state index contributed by atoms with van der Waals surface area (Å²) in [6, 6.07) is 0. The summed E-state index contributed by atoms with van der Waals surface area (Å²) in [4.78, 5) is 38.2. The van der Waals surface area contributed by atoms with Crippen molar-refractivity contribution in [3.8, 4) is 0 Å². The normalized spacial score (nSPS) is 12.2. The minimum Gasteiger partial charge on any atom is -0.462 e. The van der Waals surface area contributed by atoms with E-state index < -0.39 is 6.10 Å². The zero-order chi connectivity index (χ0) is 50.0. The number of esters is 3. The number of carbonyl (C=O) groups excluding carboxylic acids is 3. The van der Waals surface area contributed by atoms with Gasteiger partial charge in [-0.25, -0.2) is 0 Å². The van der Waals surface area contributed by atoms with Crippen molar-refractivity contribution < 1.29 is 28.6 Å². The van der Waals surface area contributed by atoms with Gasteiger partial charge in [-0.15, -0.1) is 0 Å². The Balaban J connectivity index is 4.32. The molecule has 0 aliphatic rings. The summed E-state index contributed by atoms with van der Waals surface area (Å²) in [6.45, 7) is 6.58. The van der Waals surface area contributed by atoms with E-state index in [9.17, 15) is 14.4 Å². The zero-order valence-corrected chi connectivity index (χ0v) is 46.3. The number of unbranched alkanes of at least 4 members (excludes halogenated alkanes) is 39. The lowest BCUT2D eigenvalue weighted by molar-refractivity contribution is -0.167. The molecule has 0 N–H and O–H groups in total. The second-order valence-electron chi connectivity index (χ2n) is 20.6. The van der Waals surface area contributed by atoms with Gasteiger partial charge >= 0.3 is 17.9 Å². The average molecular weight is 970 g/mol. The molecule has 404 valence electrons. The highest BCUT2D eigenvalue weighted by Gasteiger charge is 2.19. The van der Waals surface area contributed by atoms with Crippen LogP contribution < -0.4 is 0 Å². The maximum Gasteiger partial charge on any atom is 0.306 e. The Bertz CT molecular complexity index is 1160. The Morgan fingerprint density at radius 3 is 0.884 bits per heavy atom. The molecule has 0 amide bonds. The first kappa shape index (κ1) is 66.6. The highest BCUT2D eigenvalue weighted by molar-refractivity contribution is 5.71. The van der Waals surface area contributed by atoms with Crippen LogP contribution in [0.25, 0.3) is 0 Å². The van der Waals surface area contributed by atoms with Crippen molar-refractivity contribution in [3.63, 3.8) is 0 Å². The van der Waals surface area contributed by atoms with Gasteiger partial charge in [0.2, 0.25) is 0 Å². The van der Waals surface area contributed by atoms with Crippen LogP contribution in [0.15, 0.2) is 36.5 Å². The van der Waals surface area contributed by atoms with E-state index in [1.165, 1.54) is 212 Å². The largest absolute Gasteiger partial charge is 0.462 e. The van der Waals surface area contributed by atoms with Crippen LogP contribution in [0.2, 0.25) is 0 Å². The molecule has 0 aliphatic carbocycles. The lowest BCUT2D eigenvalue weighted by atomic mass is 10.0. The van der Waals surface area contributed by atoms with Crippen LogP contribution in [0.4, 0.5) is 0 Å². The third-order valence-electron chi connectivity index (χ3n) is 13.7. The summed E-state index contributed by atoms with van der Waals surface area (Å²) in [5.74, 6) is -0.850. The SMILES string of the molecule is CC/C=C\C/C=C\C/C=C\CCCCCCCCCCCC(=O)OCC(COC(=O)CCCCCCCCCCCCCCCC)OC(=O)CCCCCCCCCCCCCCCCCCCC. The van der Waals surface area contributed by atoms with E-state index in [1.54, 1.807) is 0 Å². The van der Waals surface area contributed by atoms with Gasteiger partial charge in [-0.1, -0.05) is 295 Å². The van der Waals surface area contributed by atoms with Crippen LogP contribution in [0, 0.1) is 0 Å². The number of rotatable bonds is 56. The molecule has 0 saturated carbocycles. The van der Waals surface area contributed by atoms with Crippen LogP contribution in [0.1, 0.15) is 329 Å². The van der Waals surface area contributed by atoms with E-state index in [0.29, 0.717) is 19.3 Å². The number of hydrogen-bond acceptors (Lipinski definition) is 6. The van der Waals surface area contributed by atoms with Crippen molar-refractivity contribution in [2.45, 2.75) is 335 Å². The Kier molecular flexibility index (Phi) is 56.2. The summed E-state index contributed by atoms with van der Waals surface area (Å²) < 4.78 is 16.9. The Hall–Kier alpha value is -2.37. The minimum absolute atomic E-state index is 0.0681. The molecule has 0 saturated heterocycles. The number of hydrogen-bond donors (Lipinski definition) is 0. The van der Waals surface area contributed by atoms with E-state index in [4.69, 9.17) is 14.2 Å². The van der Waals surface area contributed by atoms with Crippen molar-refractivity contribution in [3.05, 3.63) is 36.5 Å². The van der Waals surface area contributed by atoms with Gasteiger partial charge in [-0.2, -0.15) is 0 Å². The summed E-state index contributed by atoms with van der Waals surface area (Å²) in [7, 11) is 0. The molecule has 69 heavy (non-hydrogen) atoms. The lowest BCUT2D eigenvalue weighted by Gasteiger charge is -2.18. The smallest absolute Gasteiger partial charge is 0.306 e. The van der Waals surface area contributed by atoms with Gasteiger partial charge < -0.3 is 14.2 Å². The van der Waals surface area contributed by atoms with E-state index in [2.05, 4.69) is 57.2 Å². The molecule has 0 rings (SSSR count). The van der Waals surface area contributed by atoms with Gasteiger partial charge in [0.05, 0.1) is 0 Å². The minimum atomic E-state index is -0.770. The van der Waals surface area contributed by atoms with Gasteiger partial charge in [0.15, 0.2) is 6.10 Å². The molecule has 6 nitrogen and oxygen atoms in total. The molecule has 0 radical (unpaired) electrons. The van der Waals surface area contributed by atoms with E-state index >= 15 is 0 Å². The van der Waals surface area contributed by atoms with Gasteiger partial charge in [0.25, 0.3) is 0 Å². The summed E-state index contributed by atoms with van der Waals surface area (Å²) in [5.41, 5.74) is 0. The molecule has 0 bridgehead atoms. The predicted molar refractivity (Wildman–Crippen MR) is 298 cm³/mol. The quantitative estimate of drug-likeness (QED) is 0.0261. The molecule has 6 heteroatoms. The molecule has 0 aromatic carbocycles. The van der Waals surface area contributed by atoms with Crippen molar-refractivity contribution in [1.29, 1.82) is 0 Å². The van der Waals surface area contributed by atoms with Gasteiger partial charge in [0, 0.05) is 19.3 Å². The molecular weight excluding hydrogens is 853 g/mol. The molecule has 1 unspecified atom stereocenters. The first-order valence-corrected chi connectivity index (χ1v) is 30.5. The fourth-order valence-electron chi connectivity index (χ4n) is 9.11. The van der Waals surface area contributed by atoms with Gasteiger partial charge in [-0.3, -0.25) is 14.4 Å². The Morgan fingerprint density at radius 2 is 0.565 bits per heavy atom. The van der Waals surface area contributed by atoms with Crippen molar-refractivity contribution in [1.82, 2.24) is 0 Å². The van der Waals surface area contributed by atoms with Gasteiger partial charge in [-0.05, 0) is 51.4 Å². The number of allylic oxidation sites excluding steroid dienone is 6. The first-order valence-electron chi connectivity index (χ1n) is 30.5. The lowest BCUT2D eigenvalue weighted by Crippen LogP contribution is -2.30. The van der Waals surface area contributed by atoms with E-state index in [-0.39, 0.29) is 31.1 Å². The number of carbonyl (C=O) groups is 3. The molecule has 0 aromatic rings. The maximum atomic E-state index is 12.9. The summed E-state index contributed by atoms with van der Waals surface area (Å²) in [6.07, 6.45) is 69.9. The maximum absolute atomic E-state index is 12.9. The second kappa shape index (κ2) is 58.2. The Morgan fingerprint density at radius 1 is 0.304 bits per heavy atom. The van der Waals surface area contributed by atoms with Crippen molar-refractivity contribution in [2.75, 3.05) is 13.2 Å². The number of ether oxygens (including phenoxy) is 3. The van der Waals surface area contributed by atoms with Crippen LogP contribution in [0.5, 0.6) is 0 Å². The predicted octanol–water partition coefficient (Wildman–Crippen LogP) is 20.4. The standard InChI is InChI=1S/C63H116O6/c1-4-7-10-13-16-19-22-25-28-30-32-34-35-38-41-44-47-50-53-56-62(65)68-59-60(58-67-61(64)55-52-49-46-43-40-37-27-24-21-18-15-12-9-6-3)69-63(66)57-54-51-48-45-42-39-36-33-31-29-26-23-20-17-14-11-8-5-2/h7,10,16,19,25,28,60H,4-6,8-9,11-15,17-18,20-24,26-27,29-59H2,1-3H3/b10-7-,19-16-,28-25-. The fourth-order valence-corrected chi connectivity index (χ4v) is 9.11. The zero-order valence-electron chi connectivity index (χ0n) is 46.3. The Labute approximate surface area is 429 Å². The topological polar surface area (TPSA) is 78.9 Å². The highest BCUT2D eigenvalue weighted by atomic mass is 16.6. The van der Waals surface area contributed by atoms with E-state index in [0.717, 1.165) is 77.0 Å². The molecule has 0 aromatic heterocycles. The molecule has 1 atom stereocenters. The van der Waals surface area contributed by atoms with Crippen LogP contribution in [-0.4, -0.2) is 37.2 Å². The fraction of sp³-hybridized carbons (Fsp3) is 0.857. The average Bonchev–Trinajstić information content (AvgIpc) is 3.35. The van der Waals surface area contributed by atoms with Crippen LogP contribution in [0.3, 0.4) is 0 Å². The van der Waals surface area contributed by atoms with Crippen molar-refractivity contribution >= 4 is 17.9 Å². The van der Waals surface area contributed by atoms with E-state index in [1.807, 2.05) is 0 Å². The van der Waals surface area contributed by atoms with Gasteiger partial charge in [0.1, 0.15) is 13.2 Å². The molecule has 0 heterocycles. The summed E-state index contributed by atoms with van der Waals surface area (Å²) >= 11 is 0. The van der Waals surface area contributed by atoms with Crippen LogP contribution >= 0.6 is 0 Å². The highest BCUT2D eigenvalue weighted by Crippen LogP contribution is 2.17. The van der Waals surface area contributed by atoms with Crippen LogP contribution in [-0.2, 0) is 28.6 Å². The monoisotopic (exact) mass is 969 g/mol. The van der Waals surface area contributed by atoms with Crippen molar-refractivity contribution in [2.24, 2.45) is 0 Å². The third kappa shape index (κ3) is 56.4.